The molecular weight excluding hydrogens is 278 g/mol. The van der Waals surface area contributed by atoms with Crippen molar-refractivity contribution in [3.8, 4) is 0 Å². The fourth-order valence-electron chi connectivity index (χ4n) is 1.71. The van der Waals surface area contributed by atoms with Gasteiger partial charge in [-0.1, -0.05) is 23.7 Å². The van der Waals surface area contributed by atoms with Gasteiger partial charge in [-0.15, -0.1) is 0 Å². The Labute approximate surface area is 121 Å². The van der Waals surface area contributed by atoms with Crippen molar-refractivity contribution < 1.29 is 14.7 Å². The average Bonchev–Trinajstić information content (AvgIpc) is 2.41. The monoisotopic (exact) mass is 289 g/mol. The summed E-state index contributed by atoms with van der Waals surface area (Å²) in [7, 11) is 0. The third-order valence-corrected chi connectivity index (χ3v) is 3.05. The van der Waals surface area contributed by atoms with E-state index in [0.717, 1.165) is 5.56 Å². The maximum absolute atomic E-state index is 12.1. The number of anilines is 1. The number of hydrogen-bond donors (Lipinski definition) is 2. The highest BCUT2D eigenvalue weighted by Gasteiger charge is 2.10. The van der Waals surface area contributed by atoms with Gasteiger partial charge >= 0.3 is 5.97 Å². The van der Waals surface area contributed by atoms with Crippen LogP contribution >= 0.6 is 11.6 Å². The van der Waals surface area contributed by atoms with E-state index < -0.39 is 5.97 Å². The largest absolute Gasteiger partial charge is 0.478 e. The maximum atomic E-state index is 12.1. The van der Waals surface area contributed by atoms with E-state index in [-0.39, 0.29) is 11.5 Å². The smallest absolute Gasteiger partial charge is 0.335 e. The molecule has 0 aliphatic carbocycles. The van der Waals surface area contributed by atoms with Crippen LogP contribution in [0.4, 0.5) is 5.69 Å². The van der Waals surface area contributed by atoms with Gasteiger partial charge in [-0.3, -0.25) is 4.79 Å². The first kappa shape index (κ1) is 14.1. The fourth-order valence-corrected chi connectivity index (χ4v) is 1.90. The van der Waals surface area contributed by atoms with E-state index in [0.29, 0.717) is 16.3 Å². The van der Waals surface area contributed by atoms with Crippen molar-refractivity contribution in [3.63, 3.8) is 0 Å². The van der Waals surface area contributed by atoms with E-state index in [4.69, 9.17) is 16.7 Å². The number of carbonyl (C=O) groups is 2. The fraction of sp³-hybridized carbons (Fsp3) is 0.0667. The van der Waals surface area contributed by atoms with Crippen LogP contribution in [0.2, 0.25) is 5.02 Å². The number of amides is 1. The minimum absolute atomic E-state index is 0.122. The van der Waals surface area contributed by atoms with Crippen LogP contribution in [0.15, 0.2) is 42.5 Å². The molecule has 0 spiro atoms. The van der Waals surface area contributed by atoms with Gasteiger partial charge in [-0.25, -0.2) is 4.79 Å². The normalized spacial score (nSPS) is 10.1. The minimum Gasteiger partial charge on any atom is -0.478 e. The van der Waals surface area contributed by atoms with Gasteiger partial charge in [0.2, 0.25) is 0 Å². The third kappa shape index (κ3) is 3.16. The summed E-state index contributed by atoms with van der Waals surface area (Å²) in [5.41, 5.74) is 1.79. The Bertz CT molecular complexity index is 683. The first-order chi connectivity index (χ1) is 9.47. The van der Waals surface area contributed by atoms with Crippen molar-refractivity contribution in [1.82, 2.24) is 0 Å². The Morgan fingerprint density at radius 1 is 1.10 bits per heavy atom. The van der Waals surface area contributed by atoms with E-state index >= 15 is 0 Å². The number of aromatic carboxylic acids is 1. The van der Waals surface area contributed by atoms with Gasteiger partial charge in [-0.05, 0) is 42.8 Å². The number of carboxylic acids is 1. The lowest BCUT2D eigenvalue weighted by molar-refractivity contribution is 0.0696. The molecule has 0 heterocycles. The van der Waals surface area contributed by atoms with Crippen LogP contribution in [0, 0.1) is 6.92 Å². The van der Waals surface area contributed by atoms with Crippen LogP contribution in [-0.4, -0.2) is 17.0 Å². The molecule has 0 aromatic heterocycles. The Morgan fingerprint density at radius 3 is 2.50 bits per heavy atom. The van der Waals surface area contributed by atoms with Crippen LogP contribution < -0.4 is 5.32 Å². The van der Waals surface area contributed by atoms with Gasteiger partial charge in [0.1, 0.15) is 0 Å². The zero-order valence-corrected chi connectivity index (χ0v) is 11.4. The topological polar surface area (TPSA) is 66.4 Å². The predicted molar refractivity (Wildman–Crippen MR) is 77.5 cm³/mol. The molecule has 2 aromatic rings. The first-order valence-corrected chi connectivity index (χ1v) is 6.26. The van der Waals surface area contributed by atoms with Crippen LogP contribution in [0.25, 0.3) is 0 Å². The van der Waals surface area contributed by atoms with Gasteiger partial charge in [-0.2, -0.15) is 0 Å². The Balaban J connectivity index is 2.27. The van der Waals surface area contributed by atoms with Crippen molar-refractivity contribution in [1.29, 1.82) is 0 Å². The second-order valence-corrected chi connectivity index (χ2v) is 4.74. The quantitative estimate of drug-likeness (QED) is 0.907. The molecule has 1 amide bonds. The van der Waals surface area contributed by atoms with Gasteiger partial charge in [0.05, 0.1) is 5.56 Å². The molecule has 2 rings (SSSR count). The highest BCUT2D eigenvalue weighted by Crippen LogP contribution is 2.19. The molecule has 2 aromatic carbocycles. The van der Waals surface area contributed by atoms with E-state index in [1.165, 1.54) is 12.1 Å². The van der Waals surface area contributed by atoms with Gasteiger partial charge in [0.25, 0.3) is 5.91 Å². The standard InChI is InChI=1S/C15H12ClNO3/c1-9-5-6-11(15(19)20)8-13(9)17-14(18)10-3-2-4-12(16)7-10/h2-8H,1H3,(H,17,18)(H,19,20). The summed E-state index contributed by atoms with van der Waals surface area (Å²) in [6.45, 7) is 1.79. The summed E-state index contributed by atoms with van der Waals surface area (Å²) < 4.78 is 0. The average molecular weight is 290 g/mol. The van der Waals surface area contributed by atoms with Crippen molar-refractivity contribution in [2.45, 2.75) is 6.92 Å². The molecule has 0 aliphatic rings. The zero-order chi connectivity index (χ0) is 14.7. The second-order valence-electron chi connectivity index (χ2n) is 4.30. The van der Waals surface area contributed by atoms with Gasteiger partial charge in [0, 0.05) is 16.3 Å². The van der Waals surface area contributed by atoms with E-state index in [1.54, 1.807) is 37.3 Å². The van der Waals surface area contributed by atoms with Gasteiger partial charge in [0.15, 0.2) is 0 Å². The van der Waals surface area contributed by atoms with Crippen LogP contribution in [-0.2, 0) is 0 Å². The van der Waals surface area contributed by atoms with E-state index in [2.05, 4.69) is 5.32 Å². The summed E-state index contributed by atoms with van der Waals surface area (Å²) in [6, 6.07) is 11.1. The molecule has 0 aliphatic heterocycles. The lowest BCUT2D eigenvalue weighted by Gasteiger charge is -2.09. The molecule has 20 heavy (non-hydrogen) atoms. The number of nitrogens with one attached hydrogen (secondary N) is 1. The van der Waals surface area contributed by atoms with Crippen LogP contribution in [0.1, 0.15) is 26.3 Å². The summed E-state index contributed by atoms with van der Waals surface area (Å²) in [4.78, 5) is 23.0. The Morgan fingerprint density at radius 2 is 1.85 bits per heavy atom. The maximum Gasteiger partial charge on any atom is 0.335 e. The SMILES string of the molecule is Cc1ccc(C(=O)O)cc1NC(=O)c1cccc(Cl)c1. The Hall–Kier alpha value is -2.33. The van der Waals surface area contributed by atoms with Crippen molar-refractivity contribution in [3.05, 3.63) is 64.2 Å². The molecule has 102 valence electrons. The number of aryl methyl sites for hydroxylation is 1. The zero-order valence-electron chi connectivity index (χ0n) is 10.7. The molecule has 0 fully saturated rings. The summed E-state index contributed by atoms with van der Waals surface area (Å²) in [5.74, 6) is -1.37. The Kier molecular flexibility index (Phi) is 4.05. The highest BCUT2D eigenvalue weighted by atomic mass is 35.5. The summed E-state index contributed by atoms with van der Waals surface area (Å²) >= 11 is 5.83. The van der Waals surface area contributed by atoms with Crippen molar-refractivity contribution >= 4 is 29.2 Å². The van der Waals surface area contributed by atoms with Crippen LogP contribution in [0.3, 0.4) is 0 Å². The number of benzene rings is 2. The molecule has 0 radical (unpaired) electrons. The van der Waals surface area contributed by atoms with Crippen LogP contribution in [0.5, 0.6) is 0 Å². The second kappa shape index (κ2) is 5.75. The molecule has 2 N–H and O–H groups in total. The van der Waals surface area contributed by atoms with E-state index in [9.17, 15) is 9.59 Å². The molecule has 4 nitrogen and oxygen atoms in total. The van der Waals surface area contributed by atoms with Crippen molar-refractivity contribution in [2.24, 2.45) is 0 Å². The molecule has 5 heteroatoms. The summed E-state index contributed by atoms with van der Waals surface area (Å²) in [6.07, 6.45) is 0. The number of rotatable bonds is 3. The van der Waals surface area contributed by atoms with Crippen molar-refractivity contribution in [2.75, 3.05) is 5.32 Å². The molecule has 0 unspecified atom stereocenters. The minimum atomic E-state index is -1.04. The van der Waals surface area contributed by atoms with Gasteiger partial charge < -0.3 is 10.4 Å². The lowest BCUT2D eigenvalue weighted by atomic mass is 10.1. The number of carbonyl (C=O) groups excluding carboxylic acids is 1. The summed E-state index contributed by atoms with van der Waals surface area (Å²) in [5, 5.41) is 12.1. The number of halogens is 1. The molecule has 0 bridgehead atoms. The predicted octanol–water partition coefficient (Wildman–Crippen LogP) is 3.60. The first-order valence-electron chi connectivity index (χ1n) is 5.88. The molecular formula is C15H12ClNO3. The third-order valence-electron chi connectivity index (χ3n) is 2.82. The molecule has 0 saturated heterocycles. The lowest BCUT2D eigenvalue weighted by Crippen LogP contribution is -2.13. The molecule has 0 atom stereocenters. The highest BCUT2D eigenvalue weighted by molar-refractivity contribution is 6.31. The molecule has 0 saturated carbocycles. The number of carboxylic acid groups (broad SMARTS) is 1. The number of hydrogen-bond acceptors (Lipinski definition) is 2. The van der Waals surface area contributed by atoms with E-state index in [1.807, 2.05) is 0 Å².